The number of aromatic nitrogens is 2. The van der Waals surface area contributed by atoms with Crippen LogP contribution in [0.3, 0.4) is 0 Å². The van der Waals surface area contributed by atoms with E-state index >= 15 is 0 Å². The number of H-pyrrole nitrogens is 1. The van der Waals surface area contributed by atoms with E-state index in [9.17, 15) is 4.91 Å². The van der Waals surface area contributed by atoms with Gasteiger partial charge >= 0.3 is 5.69 Å². The standard InChI is InChI=1S/C15H14N3O3/c1-10-8-16-14-5-4-12(7-13(10)14)21-15-6-3-11(9-17-15)18(19)20-2/h3-9,16H,1-2H3/q+1. The molecule has 0 spiro atoms. The maximum atomic E-state index is 11.2. The molecule has 1 N–H and O–H groups in total. The first kappa shape index (κ1) is 13.1. The minimum atomic E-state index is 0.307. The maximum absolute atomic E-state index is 11.2. The summed E-state index contributed by atoms with van der Waals surface area (Å²) in [6.45, 7) is 2.03. The highest BCUT2D eigenvalue weighted by Gasteiger charge is 2.14. The van der Waals surface area contributed by atoms with Gasteiger partial charge in [0.05, 0.1) is 4.91 Å². The van der Waals surface area contributed by atoms with E-state index in [-0.39, 0.29) is 0 Å². The molecule has 3 aromatic rings. The number of fused-ring (bicyclic) bond motifs is 1. The number of aromatic amines is 1. The predicted molar refractivity (Wildman–Crippen MR) is 77.6 cm³/mol. The Kier molecular flexibility index (Phi) is 3.27. The molecule has 0 aliphatic heterocycles. The molecular weight excluding hydrogens is 270 g/mol. The quantitative estimate of drug-likeness (QED) is 0.743. The van der Waals surface area contributed by atoms with Crippen molar-refractivity contribution >= 4 is 16.6 Å². The van der Waals surface area contributed by atoms with Gasteiger partial charge in [-0.15, -0.1) is 0 Å². The summed E-state index contributed by atoms with van der Waals surface area (Å²) in [6, 6.07) is 8.97. The second-order valence-electron chi connectivity index (χ2n) is 4.58. The van der Waals surface area contributed by atoms with E-state index in [0.29, 0.717) is 22.2 Å². The van der Waals surface area contributed by atoms with Crippen LogP contribution in [0.1, 0.15) is 5.56 Å². The highest BCUT2D eigenvalue weighted by atomic mass is 16.8. The van der Waals surface area contributed by atoms with Gasteiger partial charge in [0.15, 0.2) is 7.11 Å². The average molecular weight is 284 g/mol. The summed E-state index contributed by atoms with van der Waals surface area (Å²) in [6.07, 6.45) is 3.35. The first-order valence-corrected chi connectivity index (χ1v) is 6.40. The van der Waals surface area contributed by atoms with Gasteiger partial charge in [0.25, 0.3) is 4.92 Å². The fourth-order valence-electron chi connectivity index (χ4n) is 2.07. The van der Waals surface area contributed by atoms with Crippen molar-refractivity contribution in [1.82, 2.24) is 9.97 Å². The summed E-state index contributed by atoms with van der Waals surface area (Å²) < 4.78 is 5.69. The van der Waals surface area contributed by atoms with Gasteiger partial charge in [-0.1, -0.05) is 0 Å². The van der Waals surface area contributed by atoms with E-state index in [1.54, 1.807) is 12.1 Å². The van der Waals surface area contributed by atoms with Crippen molar-refractivity contribution in [2.45, 2.75) is 6.92 Å². The largest absolute Gasteiger partial charge is 0.439 e. The zero-order valence-corrected chi connectivity index (χ0v) is 11.7. The van der Waals surface area contributed by atoms with Crippen LogP contribution in [0, 0.1) is 11.8 Å². The third-order valence-corrected chi connectivity index (χ3v) is 3.18. The molecule has 6 nitrogen and oxygen atoms in total. The lowest BCUT2D eigenvalue weighted by molar-refractivity contribution is -0.736. The van der Waals surface area contributed by atoms with Gasteiger partial charge in [-0.25, -0.2) is 9.82 Å². The van der Waals surface area contributed by atoms with Gasteiger partial charge in [-0.05, 0) is 30.7 Å². The van der Waals surface area contributed by atoms with Crippen LogP contribution in [-0.4, -0.2) is 22.0 Å². The Hall–Kier alpha value is -2.89. The Morgan fingerprint density at radius 1 is 1.24 bits per heavy atom. The molecule has 3 rings (SSSR count). The van der Waals surface area contributed by atoms with Crippen LogP contribution in [0.15, 0.2) is 42.7 Å². The molecule has 0 bridgehead atoms. The molecular formula is C15H14N3O3+. The van der Waals surface area contributed by atoms with E-state index in [0.717, 1.165) is 16.5 Å². The lowest BCUT2D eigenvalue weighted by Crippen LogP contribution is -1.98. The molecule has 0 saturated heterocycles. The highest BCUT2D eigenvalue weighted by Crippen LogP contribution is 2.26. The molecule has 0 unspecified atom stereocenters. The highest BCUT2D eigenvalue weighted by molar-refractivity contribution is 5.84. The number of rotatable bonds is 4. The molecule has 1 aromatic carbocycles. The SMILES string of the molecule is CO[N+](=O)c1ccc(Oc2ccc3[nH]cc(C)c3c2)nc1. The Labute approximate surface area is 120 Å². The molecule has 0 atom stereocenters. The van der Waals surface area contributed by atoms with Gasteiger partial charge in [0, 0.05) is 29.2 Å². The molecule has 2 heterocycles. The van der Waals surface area contributed by atoms with Crippen molar-refractivity contribution in [3.63, 3.8) is 0 Å². The summed E-state index contributed by atoms with van der Waals surface area (Å²) in [5.74, 6) is 1.10. The van der Waals surface area contributed by atoms with Crippen LogP contribution in [0.5, 0.6) is 11.6 Å². The molecule has 0 radical (unpaired) electrons. The molecule has 6 heteroatoms. The second kappa shape index (κ2) is 5.24. The number of ether oxygens (including phenoxy) is 1. The fourth-order valence-corrected chi connectivity index (χ4v) is 2.07. The number of hydrogen-bond donors (Lipinski definition) is 1. The van der Waals surface area contributed by atoms with Crippen LogP contribution in [0.25, 0.3) is 10.9 Å². The monoisotopic (exact) mass is 284 g/mol. The first-order valence-electron chi connectivity index (χ1n) is 6.40. The molecule has 0 saturated carbocycles. The number of hydrogen-bond acceptors (Lipinski definition) is 4. The topological polar surface area (TPSA) is 67.2 Å². The van der Waals surface area contributed by atoms with Crippen molar-refractivity contribution < 1.29 is 14.5 Å². The molecule has 21 heavy (non-hydrogen) atoms. The Morgan fingerprint density at radius 2 is 2.10 bits per heavy atom. The molecule has 0 amide bonds. The smallest absolute Gasteiger partial charge is 0.335 e. The average Bonchev–Trinajstić information content (AvgIpc) is 2.88. The lowest BCUT2D eigenvalue weighted by Gasteiger charge is -2.04. The van der Waals surface area contributed by atoms with Crippen molar-refractivity contribution in [3.8, 4) is 11.6 Å². The zero-order valence-electron chi connectivity index (χ0n) is 11.7. The van der Waals surface area contributed by atoms with Crippen molar-refractivity contribution in [2.75, 3.05) is 7.11 Å². The van der Waals surface area contributed by atoms with E-state index in [2.05, 4.69) is 14.8 Å². The van der Waals surface area contributed by atoms with Gasteiger partial charge in [0.2, 0.25) is 5.88 Å². The van der Waals surface area contributed by atoms with E-state index in [1.807, 2.05) is 31.3 Å². The Balaban J connectivity index is 1.84. The van der Waals surface area contributed by atoms with Crippen LogP contribution in [-0.2, 0) is 4.84 Å². The number of nitrogens with zero attached hydrogens (tertiary/aromatic N) is 2. The maximum Gasteiger partial charge on any atom is 0.335 e. The summed E-state index contributed by atoms with van der Waals surface area (Å²) in [5, 5.41) is 1.11. The van der Waals surface area contributed by atoms with Crippen LogP contribution >= 0.6 is 0 Å². The Bertz CT molecular complexity index is 794. The van der Waals surface area contributed by atoms with Crippen molar-refractivity contribution in [1.29, 1.82) is 0 Å². The van der Waals surface area contributed by atoms with Crippen molar-refractivity contribution in [3.05, 3.63) is 53.2 Å². The van der Waals surface area contributed by atoms with Gasteiger partial charge < -0.3 is 9.72 Å². The minimum absolute atomic E-state index is 0.307. The van der Waals surface area contributed by atoms with Crippen molar-refractivity contribution in [2.24, 2.45) is 0 Å². The normalized spacial score (nSPS) is 10.6. The van der Waals surface area contributed by atoms with Crippen LogP contribution in [0.4, 0.5) is 5.69 Å². The Morgan fingerprint density at radius 3 is 2.81 bits per heavy atom. The molecule has 106 valence electrons. The zero-order chi connectivity index (χ0) is 14.8. The van der Waals surface area contributed by atoms with Gasteiger partial charge in [-0.2, -0.15) is 0 Å². The van der Waals surface area contributed by atoms with Gasteiger partial charge in [0.1, 0.15) is 11.9 Å². The van der Waals surface area contributed by atoms with Crippen LogP contribution < -0.4 is 4.74 Å². The fraction of sp³-hybridized carbons (Fsp3) is 0.133. The minimum Gasteiger partial charge on any atom is -0.439 e. The number of pyridine rings is 1. The first-order chi connectivity index (χ1) is 10.2. The van der Waals surface area contributed by atoms with E-state index < -0.39 is 0 Å². The number of nitrogens with one attached hydrogen (secondary N) is 1. The van der Waals surface area contributed by atoms with Crippen LogP contribution in [0.2, 0.25) is 0 Å². The predicted octanol–water partition coefficient (Wildman–Crippen LogP) is 3.64. The number of aryl methyl sites for hydroxylation is 1. The molecule has 0 fully saturated rings. The third kappa shape index (κ3) is 2.55. The second-order valence-corrected chi connectivity index (χ2v) is 4.58. The van der Waals surface area contributed by atoms with E-state index in [1.165, 1.54) is 13.3 Å². The molecule has 0 aliphatic rings. The molecule has 0 aliphatic carbocycles. The van der Waals surface area contributed by atoms with E-state index in [4.69, 9.17) is 4.74 Å². The third-order valence-electron chi connectivity index (χ3n) is 3.18. The summed E-state index contributed by atoms with van der Waals surface area (Å²) in [5.41, 5.74) is 2.52. The summed E-state index contributed by atoms with van der Waals surface area (Å²) in [7, 11) is 1.30. The summed E-state index contributed by atoms with van der Waals surface area (Å²) in [4.78, 5) is 23.4. The lowest BCUT2D eigenvalue weighted by atomic mass is 10.2. The summed E-state index contributed by atoms with van der Waals surface area (Å²) >= 11 is 0. The molecule has 2 aromatic heterocycles. The van der Waals surface area contributed by atoms with Gasteiger partial charge in [-0.3, -0.25) is 0 Å². The number of benzene rings is 1.